The molecule has 1 aliphatic heterocycles. The normalized spacial score (nSPS) is 27.5. The van der Waals surface area contributed by atoms with Gasteiger partial charge in [0.25, 0.3) is 0 Å². The van der Waals surface area contributed by atoms with Crippen molar-refractivity contribution in [2.45, 2.75) is 51.4 Å². The Balaban J connectivity index is 2.15. The smallest absolute Gasteiger partial charge is 0.206 e. The Morgan fingerprint density at radius 3 is 2.65 bits per heavy atom. The second kappa shape index (κ2) is 5.81. The quantitative estimate of drug-likeness (QED) is 0.790. The fraction of sp³-hybridized carbons (Fsp3) is 0.500. The Kier molecular flexibility index (Phi) is 3.98. The first-order chi connectivity index (χ1) is 10.9. The maximum Gasteiger partial charge on any atom is 0.206 e. The van der Waals surface area contributed by atoms with E-state index in [1.165, 1.54) is 0 Å². The molecule has 0 aliphatic carbocycles. The number of hydrogen-bond acceptors (Lipinski definition) is 6. The van der Waals surface area contributed by atoms with Gasteiger partial charge in [0.2, 0.25) is 5.95 Å². The van der Waals surface area contributed by atoms with Gasteiger partial charge in [0.05, 0.1) is 28.8 Å². The zero-order chi connectivity index (χ0) is 16.7. The minimum atomic E-state index is -1.05. The van der Waals surface area contributed by atoms with Crippen LogP contribution in [0.5, 0.6) is 0 Å². The van der Waals surface area contributed by atoms with Gasteiger partial charge in [-0.1, -0.05) is 0 Å². The lowest BCUT2D eigenvalue weighted by molar-refractivity contribution is -0.0284. The van der Waals surface area contributed by atoms with Crippen molar-refractivity contribution in [2.75, 3.05) is 5.32 Å². The number of aliphatic hydroxyl groups excluding tert-OH is 2. The Morgan fingerprint density at radius 2 is 2.09 bits per heavy atom. The number of nitrogens with one attached hydrogen (secondary N) is 1. The average molecular weight is 316 g/mol. The SMILES string of the molecule is CC(C)Nc1nc2cc(C#N)ccc2n1[C@@H]1O[C@H](C)[C@@H](O)[C@H]1O. The Labute approximate surface area is 134 Å². The lowest BCUT2D eigenvalue weighted by Gasteiger charge is -2.21. The third-order valence-electron chi connectivity index (χ3n) is 3.97. The minimum Gasteiger partial charge on any atom is -0.388 e. The Hall–Kier alpha value is -2.14. The fourth-order valence-electron chi connectivity index (χ4n) is 2.83. The van der Waals surface area contributed by atoms with Gasteiger partial charge in [0, 0.05) is 6.04 Å². The third kappa shape index (κ3) is 2.65. The van der Waals surface area contributed by atoms with Crippen molar-refractivity contribution >= 4 is 17.0 Å². The second-order valence-corrected chi connectivity index (χ2v) is 6.13. The molecule has 0 amide bonds. The molecule has 23 heavy (non-hydrogen) atoms. The van der Waals surface area contributed by atoms with Crippen molar-refractivity contribution in [3.63, 3.8) is 0 Å². The summed E-state index contributed by atoms with van der Waals surface area (Å²) in [5.41, 5.74) is 1.88. The highest BCUT2D eigenvalue weighted by molar-refractivity contribution is 5.80. The molecule has 1 aromatic carbocycles. The lowest BCUT2D eigenvalue weighted by atomic mass is 10.1. The van der Waals surface area contributed by atoms with E-state index in [0.717, 1.165) is 5.52 Å². The summed E-state index contributed by atoms with van der Waals surface area (Å²) in [7, 11) is 0. The molecule has 0 saturated carbocycles. The number of imidazole rings is 1. The number of anilines is 1. The van der Waals surface area contributed by atoms with Gasteiger partial charge >= 0.3 is 0 Å². The van der Waals surface area contributed by atoms with E-state index in [0.29, 0.717) is 17.0 Å². The first-order valence-corrected chi connectivity index (χ1v) is 7.62. The minimum absolute atomic E-state index is 0.127. The molecule has 4 atom stereocenters. The summed E-state index contributed by atoms with van der Waals surface area (Å²) in [6.45, 7) is 5.68. The van der Waals surface area contributed by atoms with Gasteiger partial charge in [-0.05, 0) is 39.0 Å². The summed E-state index contributed by atoms with van der Waals surface area (Å²) < 4.78 is 7.48. The zero-order valence-corrected chi connectivity index (χ0v) is 13.3. The second-order valence-electron chi connectivity index (χ2n) is 6.13. The van der Waals surface area contributed by atoms with Gasteiger partial charge in [-0.15, -0.1) is 0 Å². The van der Waals surface area contributed by atoms with Crippen LogP contribution in [0.3, 0.4) is 0 Å². The van der Waals surface area contributed by atoms with Gasteiger partial charge < -0.3 is 20.3 Å². The van der Waals surface area contributed by atoms with Crippen LogP contribution in [-0.2, 0) is 4.74 Å². The highest BCUT2D eigenvalue weighted by Gasteiger charge is 2.42. The van der Waals surface area contributed by atoms with Gasteiger partial charge in [-0.25, -0.2) is 4.98 Å². The number of aromatic nitrogens is 2. The van der Waals surface area contributed by atoms with Gasteiger partial charge in [0.1, 0.15) is 12.2 Å². The van der Waals surface area contributed by atoms with E-state index in [1.807, 2.05) is 13.8 Å². The molecule has 1 saturated heterocycles. The number of ether oxygens (including phenoxy) is 1. The molecule has 122 valence electrons. The molecule has 1 aromatic heterocycles. The molecule has 1 aliphatic rings. The molecule has 1 fully saturated rings. The monoisotopic (exact) mass is 316 g/mol. The van der Waals surface area contributed by atoms with E-state index in [1.54, 1.807) is 29.7 Å². The lowest BCUT2D eigenvalue weighted by Crippen LogP contribution is -2.31. The van der Waals surface area contributed by atoms with Crippen LogP contribution in [0, 0.1) is 11.3 Å². The van der Waals surface area contributed by atoms with Crippen molar-refractivity contribution in [3.8, 4) is 6.07 Å². The molecule has 3 rings (SSSR count). The van der Waals surface area contributed by atoms with Crippen LogP contribution in [-0.4, -0.2) is 44.1 Å². The molecule has 3 N–H and O–H groups in total. The van der Waals surface area contributed by atoms with Crippen LogP contribution in [0.15, 0.2) is 18.2 Å². The van der Waals surface area contributed by atoms with Crippen molar-refractivity contribution in [1.82, 2.24) is 9.55 Å². The van der Waals surface area contributed by atoms with E-state index in [-0.39, 0.29) is 6.04 Å². The van der Waals surface area contributed by atoms with Crippen LogP contribution < -0.4 is 5.32 Å². The van der Waals surface area contributed by atoms with Crippen molar-refractivity contribution < 1.29 is 14.9 Å². The maximum absolute atomic E-state index is 10.3. The highest BCUT2D eigenvalue weighted by atomic mass is 16.6. The topological polar surface area (TPSA) is 103 Å². The van der Waals surface area contributed by atoms with Crippen molar-refractivity contribution in [3.05, 3.63) is 23.8 Å². The van der Waals surface area contributed by atoms with E-state index >= 15 is 0 Å². The van der Waals surface area contributed by atoms with E-state index < -0.39 is 24.5 Å². The Morgan fingerprint density at radius 1 is 1.35 bits per heavy atom. The molecule has 0 radical (unpaired) electrons. The van der Waals surface area contributed by atoms with Crippen LogP contribution in [0.4, 0.5) is 5.95 Å². The molecule has 7 heteroatoms. The van der Waals surface area contributed by atoms with Crippen LogP contribution in [0.2, 0.25) is 0 Å². The largest absolute Gasteiger partial charge is 0.388 e. The van der Waals surface area contributed by atoms with Crippen LogP contribution >= 0.6 is 0 Å². The van der Waals surface area contributed by atoms with E-state index in [2.05, 4.69) is 16.4 Å². The molecular formula is C16H20N4O3. The molecule has 0 bridgehead atoms. The first-order valence-electron chi connectivity index (χ1n) is 7.62. The molecule has 2 heterocycles. The predicted octanol–water partition coefficient (Wildman–Crippen LogP) is 1.37. The van der Waals surface area contributed by atoms with Gasteiger partial charge in [0.15, 0.2) is 6.23 Å². The molecule has 0 spiro atoms. The number of hydrogen-bond donors (Lipinski definition) is 3. The van der Waals surface area contributed by atoms with Crippen molar-refractivity contribution in [1.29, 1.82) is 5.26 Å². The average Bonchev–Trinajstić information content (AvgIpc) is 2.97. The number of aliphatic hydroxyl groups is 2. The molecule has 7 nitrogen and oxygen atoms in total. The summed E-state index contributed by atoms with van der Waals surface area (Å²) in [6.07, 6.45) is -3.22. The summed E-state index contributed by atoms with van der Waals surface area (Å²) >= 11 is 0. The number of nitrogens with zero attached hydrogens (tertiary/aromatic N) is 3. The summed E-state index contributed by atoms with van der Waals surface area (Å²) in [6, 6.07) is 7.38. The first kappa shape index (κ1) is 15.7. The van der Waals surface area contributed by atoms with E-state index in [9.17, 15) is 10.2 Å². The number of rotatable bonds is 3. The predicted molar refractivity (Wildman–Crippen MR) is 84.8 cm³/mol. The fourth-order valence-corrected chi connectivity index (χ4v) is 2.83. The van der Waals surface area contributed by atoms with Gasteiger partial charge in [-0.3, -0.25) is 4.57 Å². The highest BCUT2D eigenvalue weighted by Crippen LogP contribution is 2.35. The standard InChI is InChI=1S/C16H20N4O3/c1-8(2)18-16-19-11-6-10(7-17)4-5-12(11)20(16)15-14(22)13(21)9(3)23-15/h4-6,8-9,13-15,21-22H,1-3H3,(H,18,19)/t9-,13-,14-,15-/m1/s1. The van der Waals surface area contributed by atoms with Crippen molar-refractivity contribution in [2.24, 2.45) is 0 Å². The van der Waals surface area contributed by atoms with Gasteiger partial charge in [-0.2, -0.15) is 5.26 Å². The maximum atomic E-state index is 10.3. The number of fused-ring (bicyclic) bond motifs is 1. The summed E-state index contributed by atoms with van der Waals surface area (Å²) in [5.74, 6) is 0.537. The Bertz CT molecular complexity index is 765. The molecular weight excluding hydrogens is 296 g/mol. The molecule has 2 aromatic rings. The number of nitriles is 1. The zero-order valence-electron chi connectivity index (χ0n) is 13.3. The molecule has 0 unspecified atom stereocenters. The van der Waals surface area contributed by atoms with Crippen LogP contribution in [0.1, 0.15) is 32.6 Å². The summed E-state index contributed by atoms with van der Waals surface area (Å²) in [5, 5.41) is 32.6. The third-order valence-corrected chi connectivity index (χ3v) is 3.97. The summed E-state index contributed by atoms with van der Waals surface area (Å²) in [4.78, 5) is 4.52. The number of benzene rings is 1. The van der Waals surface area contributed by atoms with Crippen LogP contribution in [0.25, 0.3) is 11.0 Å². The van der Waals surface area contributed by atoms with E-state index in [4.69, 9.17) is 10.00 Å².